The van der Waals surface area contributed by atoms with Crippen molar-refractivity contribution >= 4 is 0 Å². The van der Waals surface area contributed by atoms with Crippen LogP contribution in [-0.4, -0.2) is 82.3 Å². The number of nitrogens with one attached hydrogen (secondary N) is 2. The molecule has 0 aliphatic carbocycles. The van der Waals surface area contributed by atoms with E-state index in [4.69, 9.17) is 5.73 Å². The zero-order valence-corrected chi connectivity index (χ0v) is 14.7. The highest BCUT2D eigenvalue weighted by molar-refractivity contribution is 4.62. The van der Waals surface area contributed by atoms with Crippen LogP contribution in [0.15, 0.2) is 0 Å². The molecule has 0 aliphatic rings. The summed E-state index contributed by atoms with van der Waals surface area (Å²) in [6.45, 7) is 15.2. The van der Waals surface area contributed by atoms with Crippen LogP contribution in [0, 0.1) is 0 Å². The van der Waals surface area contributed by atoms with Gasteiger partial charge in [-0.05, 0) is 33.0 Å². The second kappa shape index (κ2) is 16.2. The predicted molar refractivity (Wildman–Crippen MR) is 93.9 cm³/mol. The van der Waals surface area contributed by atoms with E-state index in [1.54, 1.807) is 0 Å². The lowest BCUT2D eigenvalue weighted by atomic mass is 10.3. The quantitative estimate of drug-likeness (QED) is 0.364. The van der Waals surface area contributed by atoms with Crippen LogP contribution in [0.5, 0.6) is 0 Å². The van der Waals surface area contributed by atoms with Gasteiger partial charge in [-0.25, -0.2) is 0 Å². The van der Waals surface area contributed by atoms with E-state index in [9.17, 15) is 0 Å². The molecule has 0 rings (SSSR count). The van der Waals surface area contributed by atoms with Gasteiger partial charge in [0.05, 0.1) is 0 Å². The molecule has 0 aromatic carbocycles. The van der Waals surface area contributed by atoms with Crippen LogP contribution in [0.1, 0.15) is 33.1 Å². The third-order valence-electron chi connectivity index (χ3n) is 3.64. The predicted octanol–water partition coefficient (Wildman–Crippen LogP) is 0.568. The summed E-state index contributed by atoms with van der Waals surface area (Å²) in [5, 5.41) is 7.05. The van der Waals surface area contributed by atoms with Crippen LogP contribution in [0.2, 0.25) is 0 Å². The Bertz CT molecular complexity index is 201. The molecule has 0 bridgehead atoms. The monoisotopic (exact) mass is 301 g/mol. The average Bonchev–Trinajstić information content (AvgIpc) is 2.46. The highest BCUT2D eigenvalue weighted by Gasteiger charge is 2.03. The van der Waals surface area contributed by atoms with Crippen molar-refractivity contribution in [1.82, 2.24) is 20.4 Å². The minimum absolute atomic E-state index is 0.742. The highest BCUT2D eigenvalue weighted by atomic mass is 15.2. The Morgan fingerprint density at radius 1 is 0.762 bits per heavy atom. The summed E-state index contributed by atoms with van der Waals surface area (Å²) in [6.07, 6.45) is 3.79. The van der Waals surface area contributed by atoms with Crippen molar-refractivity contribution in [2.24, 2.45) is 5.73 Å². The van der Waals surface area contributed by atoms with Crippen LogP contribution < -0.4 is 16.4 Å². The number of nitrogens with two attached hydrogens (primary N) is 1. The van der Waals surface area contributed by atoms with Gasteiger partial charge >= 0.3 is 0 Å². The molecule has 0 saturated heterocycles. The highest BCUT2D eigenvalue weighted by Crippen LogP contribution is 1.90. The Morgan fingerprint density at radius 2 is 1.38 bits per heavy atom. The molecular formula is C16H39N5. The molecule has 0 heterocycles. The van der Waals surface area contributed by atoms with Crippen molar-refractivity contribution in [2.45, 2.75) is 33.1 Å². The van der Waals surface area contributed by atoms with Gasteiger partial charge in [0, 0.05) is 52.4 Å². The Morgan fingerprint density at radius 3 is 1.95 bits per heavy atom. The van der Waals surface area contributed by atoms with E-state index in [-0.39, 0.29) is 0 Å². The molecule has 0 aromatic heterocycles. The first-order chi connectivity index (χ1) is 10.2. The number of hydrogen-bond donors (Lipinski definition) is 3. The molecule has 5 nitrogen and oxygen atoms in total. The summed E-state index contributed by atoms with van der Waals surface area (Å²) in [7, 11) is 2.12. The molecule has 5 heteroatoms. The summed E-state index contributed by atoms with van der Waals surface area (Å²) < 4.78 is 0. The van der Waals surface area contributed by atoms with E-state index in [0.717, 1.165) is 58.9 Å². The summed E-state index contributed by atoms with van der Waals surface area (Å²) in [5.41, 5.74) is 5.54. The zero-order valence-electron chi connectivity index (χ0n) is 14.7. The standard InChI is InChI=1S/C16H39N5/c1-4-6-8-18-10-15-21(12-5-2)16-11-19-9-14-20(3)13-7-17/h18-19H,4-17H2,1-3H3. The van der Waals surface area contributed by atoms with Gasteiger partial charge in [0.15, 0.2) is 0 Å². The molecule has 0 fully saturated rings. The van der Waals surface area contributed by atoms with Gasteiger partial charge in [-0.2, -0.15) is 0 Å². The van der Waals surface area contributed by atoms with Crippen LogP contribution in [-0.2, 0) is 0 Å². The summed E-state index contributed by atoms with van der Waals surface area (Å²) >= 11 is 0. The van der Waals surface area contributed by atoms with Gasteiger partial charge in [-0.3, -0.25) is 0 Å². The van der Waals surface area contributed by atoms with Crippen molar-refractivity contribution in [1.29, 1.82) is 0 Å². The molecule has 0 spiro atoms. The van der Waals surface area contributed by atoms with Crippen molar-refractivity contribution in [2.75, 3.05) is 72.5 Å². The minimum Gasteiger partial charge on any atom is -0.329 e. The first-order valence-electron chi connectivity index (χ1n) is 8.77. The molecule has 0 aromatic rings. The third kappa shape index (κ3) is 14.5. The second-order valence-electron chi connectivity index (χ2n) is 5.79. The zero-order chi connectivity index (χ0) is 15.8. The summed E-state index contributed by atoms with van der Waals surface area (Å²) in [4.78, 5) is 4.82. The molecule has 0 aliphatic heterocycles. The van der Waals surface area contributed by atoms with Gasteiger partial charge in [0.1, 0.15) is 0 Å². The maximum atomic E-state index is 5.54. The molecule has 21 heavy (non-hydrogen) atoms. The smallest absolute Gasteiger partial charge is 0.0107 e. The van der Waals surface area contributed by atoms with Crippen molar-refractivity contribution < 1.29 is 0 Å². The number of likely N-dealkylation sites (N-methyl/N-ethyl adjacent to an activating group) is 1. The molecule has 0 saturated carbocycles. The second-order valence-corrected chi connectivity index (χ2v) is 5.79. The van der Waals surface area contributed by atoms with Crippen LogP contribution >= 0.6 is 0 Å². The maximum absolute atomic E-state index is 5.54. The molecule has 0 unspecified atom stereocenters. The van der Waals surface area contributed by atoms with Gasteiger partial charge in [-0.15, -0.1) is 0 Å². The van der Waals surface area contributed by atoms with Crippen LogP contribution in [0.25, 0.3) is 0 Å². The van der Waals surface area contributed by atoms with Gasteiger partial charge in [-0.1, -0.05) is 20.3 Å². The molecule has 4 N–H and O–H groups in total. The third-order valence-corrected chi connectivity index (χ3v) is 3.64. The number of hydrogen-bond acceptors (Lipinski definition) is 5. The molecule has 128 valence electrons. The summed E-state index contributed by atoms with van der Waals surface area (Å²) in [5.74, 6) is 0. The van der Waals surface area contributed by atoms with E-state index in [2.05, 4.69) is 41.3 Å². The van der Waals surface area contributed by atoms with E-state index >= 15 is 0 Å². The van der Waals surface area contributed by atoms with Gasteiger partial charge < -0.3 is 26.2 Å². The fourth-order valence-corrected chi connectivity index (χ4v) is 2.28. The van der Waals surface area contributed by atoms with Crippen molar-refractivity contribution in [3.05, 3.63) is 0 Å². The fraction of sp³-hybridized carbons (Fsp3) is 1.00. The van der Waals surface area contributed by atoms with Crippen LogP contribution in [0.3, 0.4) is 0 Å². The molecule has 0 atom stereocenters. The van der Waals surface area contributed by atoms with Crippen molar-refractivity contribution in [3.63, 3.8) is 0 Å². The first kappa shape index (κ1) is 20.8. The van der Waals surface area contributed by atoms with Crippen LogP contribution in [0.4, 0.5) is 0 Å². The normalized spacial score (nSPS) is 11.7. The van der Waals surface area contributed by atoms with Gasteiger partial charge in [0.2, 0.25) is 0 Å². The Hall–Kier alpha value is -0.200. The average molecular weight is 302 g/mol. The number of nitrogens with zero attached hydrogens (tertiary/aromatic N) is 2. The maximum Gasteiger partial charge on any atom is 0.0107 e. The first-order valence-corrected chi connectivity index (χ1v) is 8.77. The van der Waals surface area contributed by atoms with E-state index in [1.165, 1.54) is 25.8 Å². The molecular weight excluding hydrogens is 262 g/mol. The molecule has 0 radical (unpaired) electrons. The fourth-order valence-electron chi connectivity index (χ4n) is 2.28. The SMILES string of the molecule is CCCCNCCN(CCC)CCNCCN(C)CCN. The van der Waals surface area contributed by atoms with E-state index < -0.39 is 0 Å². The largest absolute Gasteiger partial charge is 0.329 e. The lowest BCUT2D eigenvalue weighted by Crippen LogP contribution is -2.39. The van der Waals surface area contributed by atoms with E-state index in [1.807, 2.05) is 0 Å². The lowest BCUT2D eigenvalue weighted by Gasteiger charge is -2.22. The Kier molecular flexibility index (Phi) is 16.0. The summed E-state index contributed by atoms with van der Waals surface area (Å²) in [6, 6.07) is 0. The van der Waals surface area contributed by atoms with Crippen molar-refractivity contribution in [3.8, 4) is 0 Å². The van der Waals surface area contributed by atoms with Gasteiger partial charge in [0.25, 0.3) is 0 Å². The molecule has 0 amide bonds. The Balaban J connectivity index is 3.55. The minimum atomic E-state index is 0.742. The Labute approximate surface area is 132 Å². The number of unbranched alkanes of at least 4 members (excludes halogenated alkanes) is 1. The topological polar surface area (TPSA) is 56.6 Å². The number of rotatable bonds is 16. The lowest BCUT2D eigenvalue weighted by molar-refractivity contribution is 0.269. The van der Waals surface area contributed by atoms with E-state index in [0.29, 0.717) is 0 Å².